The van der Waals surface area contributed by atoms with E-state index < -0.39 is 11.8 Å². The van der Waals surface area contributed by atoms with Crippen molar-refractivity contribution in [1.29, 1.82) is 0 Å². The highest BCUT2D eigenvalue weighted by Crippen LogP contribution is 2.45. The summed E-state index contributed by atoms with van der Waals surface area (Å²) in [5.74, 6) is -1.41. The zero-order chi connectivity index (χ0) is 19.7. The van der Waals surface area contributed by atoms with Gasteiger partial charge in [-0.2, -0.15) is 0 Å². The minimum Gasteiger partial charge on any atom is -0.507 e. The third-order valence-electron chi connectivity index (χ3n) is 5.45. The summed E-state index contributed by atoms with van der Waals surface area (Å²) in [6, 6.07) is 24.2. The van der Waals surface area contributed by atoms with Gasteiger partial charge in [-0.15, -0.1) is 0 Å². The van der Waals surface area contributed by atoms with E-state index in [1.165, 1.54) is 0 Å². The first-order valence-corrected chi connectivity index (χ1v) is 9.26. The van der Waals surface area contributed by atoms with Crippen LogP contribution in [-0.4, -0.2) is 17.2 Å². The van der Waals surface area contributed by atoms with E-state index in [9.17, 15) is 14.7 Å². The van der Waals surface area contributed by atoms with Gasteiger partial charge < -0.3 is 9.90 Å². The summed E-state index contributed by atoms with van der Waals surface area (Å²) in [5, 5.41) is 10.9. The van der Waals surface area contributed by atoms with Gasteiger partial charge in [0.25, 0.3) is 0 Å². The number of hydrogen-bond acceptors (Lipinski definition) is 3. The first-order valence-electron chi connectivity index (χ1n) is 9.26. The molecule has 1 N–H and O–H groups in total. The van der Waals surface area contributed by atoms with Crippen LogP contribution in [0.4, 0.5) is 0 Å². The van der Waals surface area contributed by atoms with Crippen LogP contribution in [0.15, 0.2) is 84.4 Å². The molecule has 1 aliphatic carbocycles. The molecule has 0 radical (unpaired) electrons. The summed E-state index contributed by atoms with van der Waals surface area (Å²) in [6.07, 6.45) is 0.885. The maximum absolute atomic E-state index is 13.2. The van der Waals surface area contributed by atoms with Crippen LogP contribution in [0.25, 0.3) is 5.76 Å². The van der Waals surface area contributed by atoms with Gasteiger partial charge in [-0.25, -0.2) is 0 Å². The predicted octanol–water partition coefficient (Wildman–Crippen LogP) is 5.23. The lowest BCUT2D eigenvalue weighted by atomic mass is 9.75. The van der Waals surface area contributed by atoms with Crippen LogP contribution >= 0.6 is 0 Å². The molecule has 0 fully saturated rings. The highest BCUT2D eigenvalue weighted by Gasteiger charge is 2.39. The molecular weight excluding hydrogens is 348 g/mol. The van der Waals surface area contributed by atoms with Crippen molar-refractivity contribution in [2.45, 2.75) is 18.8 Å². The van der Waals surface area contributed by atoms with E-state index in [1.54, 1.807) is 24.3 Å². The molecule has 0 bridgehead atoms. The Labute approximate surface area is 164 Å². The fourth-order valence-corrected chi connectivity index (χ4v) is 4.08. The van der Waals surface area contributed by atoms with E-state index in [0.29, 0.717) is 11.1 Å². The predicted molar refractivity (Wildman–Crippen MR) is 109 cm³/mol. The number of aryl methyl sites for hydroxylation is 1. The van der Waals surface area contributed by atoms with Crippen molar-refractivity contribution < 1.29 is 14.7 Å². The summed E-state index contributed by atoms with van der Waals surface area (Å²) >= 11 is 0. The van der Waals surface area contributed by atoms with E-state index in [1.807, 2.05) is 61.5 Å². The molecule has 1 aliphatic rings. The third kappa shape index (κ3) is 2.85. The molecular formula is C25H20O3. The number of benzene rings is 3. The summed E-state index contributed by atoms with van der Waals surface area (Å²) in [4.78, 5) is 25.5. The number of rotatable bonds is 5. The van der Waals surface area contributed by atoms with Crippen LogP contribution in [0.1, 0.15) is 44.4 Å². The van der Waals surface area contributed by atoms with Gasteiger partial charge >= 0.3 is 0 Å². The number of fused-ring (bicyclic) bond motifs is 1. The van der Waals surface area contributed by atoms with Crippen molar-refractivity contribution in [3.8, 4) is 0 Å². The second-order valence-electron chi connectivity index (χ2n) is 7.04. The number of aldehydes is 1. The average molecular weight is 368 g/mol. The maximum atomic E-state index is 13.2. The molecule has 0 heterocycles. The maximum Gasteiger partial charge on any atom is 0.194 e. The largest absolute Gasteiger partial charge is 0.507 e. The van der Waals surface area contributed by atoms with E-state index in [0.717, 1.165) is 23.0 Å². The molecule has 0 saturated carbocycles. The summed E-state index contributed by atoms with van der Waals surface area (Å²) in [6.45, 7) is 1.95. The van der Waals surface area contributed by atoms with Gasteiger partial charge in [-0.1, -0.05) is 78.9 Å². The SMILES string of the molecule is Cc1ccccc1[C@@H](C=O)[C@H](C1=C(O)c2ccccc2C1=O)c1ccccc1. The van der Waals surface area contributed by atoms with E-state index in [2.05, 4.69) is 0 Å². The first-order chi connectivity index (χ1) is 13.6. The Morgan fingerprint density at radius 3 is 2.07 bits per heavy atom. The number of ketones is 1. The number of allylic oxidation sites excluding steroid dienone is 1. The lowest BCUT2D eigenvalue weighted by Crippen LogP contribution is -2.20. The molecule has 3 aromatic carbocycles. The second kappa shape index (κ2) is 7.28. The van der Waals surface area contributed by atoms with Gasteiger partial charge in [0.05, 0.1) is 11.5 Å². The van der Waals surface area contributed by atoms with Gasteiger partial charge in [-0.3, -0.25) is 4.79 Å². The lowest BCUT2D eigenvalue weighted by Gasteiger charge is -2.26. The number of carbonyl (C=O) groups is 2. The monoisotopic (exact) mass is 368 g/mol. The standard InChI is InChI=1S/C25H20O3/c1-16-9-5-6-12-18(16)21(15-26)22(17-10-3-2-4-11-17)23-24(27)19-13-7-8-14-20(19)25(23)28/h2-15,21-22,27H,1H3/t21-,22-/m1/s1. The quantitative estimate of drug-likeness (QED) is 0.628. The van der Waals surface area contributed by atoms with Crippen LogP contribution in [-0.2, 0) is 4.79 Å². The molecule has 0 saturated heterocycles. The second-order valence-corrected chi connectivity index (χ2v) is 7.04. The van der Waals surface area contributed by atoms with Crippen LogP contribution in [0.5, 0.6) is 0 Å². The van der Waals surface area contributed by atoms with Gasteiger partial charge in [-0.05, 0) is 23.6 Å². The van der Waals surface area contributed by atoms with Crippen molar-refractivity contribution >= 4 is 17.8 Å². The number of aliphatic hydroxyl groups is 1. The Hall–Kier alpha value is -3.46. The molecule has 0 aliphatic heterocycles. The third-order valence-corrected chi connectivity index (χ3v) is 5.45. The summed E-state index contributed by atoms with van der Waals surface area (Å²) in [5.41, 5.74) is 3.94. The van der Waals surface area contributed by atoms with Gasteiger partial charge in [0.2, 0.25) is 0 Å². The average Bonchev–Trinajstić information content (AvgIpc) is 2.98. The fraction of sp³-hybridized carbons (Fsp3) is 0.120. The molecule has 2 atom stereocenters. The van der Waals surface area contributed by atoms with Crippen molar-refractivity contribution in [2.75, 3.05) is 0 Å². The van der Waals surface area contributed by atoms with Crippen LogP contribution < -0.4 is 0 Å². The minimum atomic E-state index is -0.584. The molecule has 3 aromatic rings. The van der Waals surface area contributed by atoms with Crippen molar-refractivity contribution in [3.63, 3.8) is 0 Å². The normalized spacial score (nSPS) is 15.2. The molecule has 3 heteroatoms. The van der Waals surface area contributed by atoms with Crippen molar-refractivity contribution in [1.82, 2.24) is 0 Å². The molecule has 4 rings (SSSR count). The van der Waals surface area contributed by atoms with E-state index in [-0.39, 0.29) is 17.1 Å². The Balaban J connectivity index is 1.94. The number of carbonyl (C=O) groups excluding carboxylic acids is 2. The summed E-state index contributed by atoms with van der Waals surface area (Å²) < 4.78 is 0. The van der Waals surface area contributed by atoms with Crippen LogP contribution in [0.2, 0.25) is 0 Å². The highest BCUT2D eigenvalue weighted by atomic mass is 16.3. The van der Waals surface area contributed by atoms with Crippen LogP contribution in [0.3, 0.4) is 0 Å². The Bertz CT molecular complexity index is 1080. The smallest absolute Gasteiger partial charge is 0.194 e. The Kier molecular flexibility index (Phi) is 4.66. The van der Waals surface area contributed by atoms with E-state index >= 15 is 0 Å². The Morgan fingerprint density at radius 1 is 0.821 bits per heavy atom. The minimum absolute atomic E-state index is 0.0325. The molecule has 0 unspecified atom stereocenters. The molecule has 0 aromatic heterocycles. The first kappa shape index (κ1) is 17.9. The highest BCUT2D eigenvalue weighted by molar-refractivity contribution is 6.20. The van der Waals surface area contributed by atoms with Crippen molar-refractivity contribution in [2.24, 2.45) is 0 Å². The number of Topliss-reactive ketones (excluding diaryl/α,β-unsaturated/α-hetero) is 1. The Morgan fingerprint density at radius 2 is 1.43 bits per heavy atom. The molecule has 0 spiro atoms. The summed E-state index contributed by atoms with van der Waals surface area (Å²) in [7, 11) is 0. The van der Waals surface area contributed by atoms with Gasteiger partial charge in [0, 0.05) is 17.0 Å². The lowest BCUT2D eigenvalue weighted by molar-refractivity contribution is -0.109. The number of aliphatic hydroxyl groups excluding tert-OH is 1. The zero-order valence-corrected chi connectivity index (χ0v) is 15.5. The topological polar surface area (TPSA) is 54.4 Å². The number of hydrogen-bond donors (Lipinski definition) is 1. The van der Waals surface area contributed by atoms with Gasteiger partial charge in [0.15, 0.2) is 5.78 Å². The van der Waals surface area contributed by atoms with Gasteiger partial charge in [0.1, 0.15) is 12.0 Å². The fourth-order valence-electron chi connectivity index (χ4n) is 4.08. The van der Waals surface area contributed by atoms with E-state index in [4.69, 9.17) is 0 Å². The molecule has 28 heavy (non-hydrogen) atoms. The van der Waals surface area contributed by atoms with Crippen molar-refractivity contribution in [3.05, 3.63) is 112 Å². The molecule has 138 valence electrons. The zero-order valence-electron chi connectivity index (χ0n) is 15.5. The molecule has 0 amide bonds. The molecule has 3 nitrogen and oxygen atoms in total. The van der Waals surface area contributed by atoms with Crippen LogP contribution in [0, 0.1) is 6.92 Å².